The molecule has 3 nitrogen and oxygen atoms in total. The maximum absolute atomic E-state index is 13.0. The van der Waals surface area contributed by atoms with Gasteiger partial charge in [0.15, 0.2) is 0 Å². The van der Waals surface area contributed by atoms with Crippen LogP contribution in [0.15, 0.2) is 54.8 Å². The van der Waals surface area contributed by atoms with Crippen LogP contribution in [0, 0.1) is 0 Å². The Labute approximate surface area is 214 Å². The second-order valence-corrected chi connectivity index (χ2v) is 10.4. The number of para-hydroxylation sites is 1. The molecule has 2 heterocycles. The number of aromatic nitrogens is 1. The molecule has 1 aromatic heterocycles. The number of allylic oxidation sites excluding steroid dienone is 4. The first kappa shape index (κ1) is 27.5. The van der Waals surface area contributed by atoms with Gasteiger partial charge in [0.1, 0.15) is 0 Å². The monoisotopic (exact) mass is 476 g/mol. The van der Waals surface area contributed by atoms with Crippen molar-refractivity contribution in [3.8, 4) is 0 Å². The number of nitrogens with zero attached hydrogens (tertiary/aromatic N) is 2. The van der Waals surface area contributed by atoms with Gasteiger partial charge in [0.25, 0.3) is 0 Å². The maximum Gasteiger partial charge on any atom is 0.231 e. The van der Waals surface area contributed by atoms with Crippen LogP contribution in [0.4, 0.5) is 0 Å². The fourth-order valence-corrected chi connectivity index (χ4v) is 5.32. The molecule has 0 N–H and O–H groups in total. The Hall–Kier alpha value is -2.13. The van der Waals surface area contributed by atoms with Crippen LogP contribution < -0.4 is 0 Å². The normalized spacial score (nSPS) is 16.9. The fraction of sp³-hybridized carbons (Fsp3) is 0.594. The molecule has 0 saturated carbocycles. The Morgan fingerprint density at radius 2 is 1.66 bits per heavy atom. The van der Waals surface area contributed by atoms with E-state index in [0.29, 0.717) is 12.5 Å². The zero-order valence-electron chi connectivity index (χ0n) is 22.4. The van der Waals surface area contributed by atoms with E-state index in [0.717, 1.165) is 31.2 Å². The van der Waals surface area contributed by atoms with Gasteiger partial charge in [-0.3, -0.25) is 9.36 Å². The van der Waals surface area contributed by atoms with Crippen molar-refractivity contribution in [2.24, 2.45) is 0 Å². The summed E-state index contributed by atoms with van der Waals surface area (Å²) >= 11 is 0. The SMILES string of the molecule is CCCCC/C=C\C/C=C\CCCCCCCC(=O)n1cc(C[C@H]2CCCN2C)c2ccccc21. The average Bonchev–Trinajstić information content (AvgIpc) is 3.45. The summed E-state index contributed by atoms with van der Waals surface area (Å²) in [7, 11) is 2.23. The molecule has 192 valence electrons. The Balaban J connectivity index is 1.32. The van der Waals surface area contributed by atoms with Crippen molar-refractivity contribution in [2.75, 3.05) is 13.6 Å². The first-order valence-electron chi connectivity index (χ1n) is 14.3. The van der Waals surface area contributed by atoms with E-state index < -0.39 is 0 Å². The number of carbonyl (C=O) groups excluding carboxylic acids is 1. The van der Waals surface area contributed by atoms with Crippen molar-refractivity contribution in [3.05, 3.63) is 60.3 Å². The molecule has 1 aromatic carbocycles. The van der Waals surface area contributed by atoms with Gasteiger partial charge >= 0.3 is 0 Å². The second kappa shape index (κ2) is 15.8. The van der Waals surface area contributed by atoms with Crippen LogP contribution in [0.25, 0.3) is 10.9 Å². The lowest BCUT2D eigenvalue weighted by molar-refractivity contribution is 0.0904. The summed E-state index contributed by atoms with van der Waals surface area (Å²) in [5, 5.41) is 1.25. The van der Waals surface area contributed by atoms with Gasteiger partial charge in [-0.25, -0.2) is 0 Å². The predicted molar refractivity (Wildman–Crippen MR) is 151 cm³/mol. The van der Waals surface area contributed by atoms with Crippen molar-refractivity contribution < 1.29 is 4.79 Å². The molecule has 1 saturated heterocycles. The molecular formula is C32H48N2O. The number of benzene rings is 1. The molecule has 0 unspecified atom stereocenters. The van der Waals surface area contributed by atoms with Crippen LogP contribution in [0.1, 0.15) is 107 Å². The molecule has 1 aliphatic heterocycles. The van der Waals surface area contributed by atoms with Crippen molar-refractivity contribution >= 4 is 16.8 Å². The second-order valence-electron chi connectivity index (χ2n) is 10.4. The molecule has 1 fully saturated rings. The van der Waals surface area contributed by atoms with Gasteiger partial charge in [-0.1, -0.05) is 81.5 Å². The molecule has 0 aliphatic carbocycles. The zero-order chi connectivity index (χ0) is 24.7. The Kier molecular flexibility index (Phi) is 12.4. The summed E-state index contributed by atoms with van der Waals surface area (Å²) in [4.78, 5) is 15.5. The highest BCUT2D eigenvalue weighted by Gasteiger charge is 2.23. The number of hydrogen-bond acceptors (Lipinski definition) is 2. The highest BCUT2D eigenvalue weighted by atomic mass is 16.2. The third kappa shape index (κ3) is 9.11. The standard InChI is InChI=1S/C32H48N2O/c1-3-4-5-6-7-8-9-10-11-12-13-14-15-16-17-24-32(35)34-27-28(26-29-21-20-25-33(29)2)30-22-18-19-23-31(30)34/h7-8,10-11,18-19,22-23,27,29H,3-6,9,12-17,20-21,24-26H2,1-2H3/b8-7-,11-10-/t29-/m1/s1. The van der Waals surface area contributed by atoms with E-state index in [9.17, 15) is 4.79 Å². The molecule has 1 aliphatic rings. The van der Waals surface area contributed by atoms with Gasteiger partial charge in [0, 0.05) is 24.0 Å². The van der Waals surface area contributed by atoms with Gasteiger partial charge in [-0.15, -0.1) is 0 Å². The largest absolute Gasteiger partial charge is 0.303 e. The summed E-state index contributed by atoms with van der Waals surface area (Å²) < 4.78 is 1.93. The number of likely N-dealkylation sites (tertiary alicyclic amines) is 1. The smallest absolute Gasteiger partial charge is 0.231 e. The molecule has 0 amide bonds. The van der Waals surface area contributed by atoms with Gasteiger partial charge in [-0.2, -0.15) is 0 Å². The predicted octanol–water partition coefficient (Wildman–Crippen LogP) is 8.73. The minimum Gasteiger partial charge on any atom is -0.303 e. The van der Waals surface area contributed by atoms with Crippen LogP contribution in [0.2, 0.25) is 0 Å². The highest BCUT2D eigenvalue weighted by molar-refractivity contribution is 5.94. The number of unbranched alkanes of at least 4 members (excludes halogenated alkanes) is 8. The topological polar surface area (TPSA) is 25.2 Å². The fourth-order valence-electron chi connectivity index (χ4n) is 5.32. The lowest BCUT2D eigenvalue weighted by atomic mass is 10.0. The van der Waals surface area contributed by atoms with E-state index >= 15 is 0 Å². The third-order valence-corrected chi connectivity index (χ3v) is 7.53. The summed E-state index contributed by atoms with van der Waals surface area (Å²) in [6.07, 6.45) is 28.9. The molecule has 2 aromatic rings. The Morgan fingerprint density at radius 1 is 0.943 bits per heavy atom. The van der Waals surface area contributed by atoms with Gasteiger partial charge in [-0.05, 0) is 83.0 Å². The van der Waals surface area contributed by atoms with Crippen LogP contribution in [0.5, 0.6) is 0 Å². The van der Waals surface area contributed by atoms with Crippen LogP contribution in [0.3, 0.4) is 0 Å². The molecule has 1 atom stereocenters. The summed E-state index contributed by atoms with van der Waals surface area (Å²) in [5.74, 6) is 0.248. The van der Waals surface area contributed by atoms with E-state index in [4.69, 9.17) is 0 Å². The molecule has 0 radical (unpaired) electrons. The van der Waals surface area contributed by atoms with Gasteiger partial charge in [0.05, 0.1) is 5.52 Å². The van der Waals surface area contributed by atoms with Crippen LogP contribution >= 0.6 is 0 Å². The third-order valence-electron chi connectivity index (χ3n) is 7.53. The van der Waals surface area contributed by atoms with E-state index in [1.54, 1.807) is 0 Å². The Morgan fingerprint density at radius 3 is 2.40 bits per heavy atom. The zero-order valence-corrected chi connectivity index (χ0v) is 22.4. The minimum atomic E-state index is 0.248. The van der Waals surface area contributed by atoms with Crippen molar-refractivity contribution in [2.45, 2.75) is 109 Å². The van der Waals surface area contributed by atoms with E-state index in [-0.39, 0.29) is 5.91 Å². The van der Waals surface area contributed by atoms with Crippen molar-refractivity contribution in [1.29, 1.82) is 0 Å². The average molecular weight is 477 g/mol. The summed E-state index contributed by atoms with van der Waals surface area (Å²) in [6.45, 7) is 3.44. The molecule has 3 heteroatoms. The molecule has 3 rings (SSSR count). The van der Waals surface area contributed by atoms with Crippen LogP contribution in [-0.4, -0.2) is 35.0 Å². The first-order chi connectivity index (χ1) is 17.2. The number of fused-ring (bicyclic) bond motifs is 1. The van der Waals surface area contributed by atoms with Crippen LogP contribution in [-0.2, 0) is 6.42 Å². The number of carbonyl (C=O) groups is 1. The first-order valence-corrected chi connectivity index (χ1v) is 14.3. The molecule has 35 heavy (non-hydrogen) atoms. The Bertz CT molecular complexity index is 938. The van der Waals surface area contributed by atoms with E-state index in [1.165, 1.54) is 81.7 Å². The number of rotatable bonds is 16. The summed E-state index contributed by atoms with van der Waals surface area (Å²) in [6, 6.07) is 9.04. The number of likely N-dealkylation sites (N-methyl/N-ethyl adjacent to an activating group) is 1. The number of hydrogen-bond donors (Lipinski definition) is 0. The lowest BCUT2D eigenvalue weighted by Crippen LogP contribution is -2.26. The van der Waals surface area contributed by atoms with Crippen molar-refractivity contribution in [1.82, 2.24) is 9.47 Å². The maximum atomic E-state index is 13.0. The minimum absolute atomic E-state index is 0.248. The lowest BCUT2D eigenvalue weighted by Gasteiger charge is -2.18. The van der Waals surface area contributed by atoms with Gasteiger partial charge in [0.2, 0.25) is 5.91 Å². The van der Waals surface area contributed by atoms with Crippen molar-refractivity contribution in [3.63, 3.8) is 0 Å². The molecular weight excluding hydrogens is 428 g/mol. The highest BCUT2D eigenvalue weighted by Crippen LogP contribution is 2.27. The van der Waals surface area contributed by atoms with Gasteiger partial charge < -0.3 is 4.90 Å². The molecule has 0 spiro atoms. The van der Waals surface area contributed by atoms with E-state index in [2.05, 4.69) is 73.6 Å². The van der Waals surface area contributed by atoms with E-state index in [1.807, 2.05) is 4.57 Å². The summed E-state index contributed by atoms with van der Waals surface area (Å²) in [5.41, 5.74) is 2.41. The molecule has 0 bridgehead atoms. The quantitative estimate of drug-likeness (QED) is 0.179.